The van der Waals surface area contributed by atoms with E-state index in [2.05, 4.69) is 0 Å². The number of amides is 1. The number of hydrogen-bond acceptors (Lipinski definition) is 7. The number of carbonyl (C=O) groups is 2. The Labute approximate surface area is 214 Å². The summed E-state index contributed by atoms with van der Waals surface area (Å²) in [5.74, 6) is 0.598. The van der Waals surface area contributed by atoms with Gasteiger partial charge in [-0.05, 0) is 74.4 Å². The van der Waals surface area contributed by atoms with E-state index < -0.39 is 17.7 Å². The van der Waals surface area contributed by atoms with E-state index in [1.165, 1.54) is 4.90 Å². The summed E-state index contributed by atoms with van der Waals surface area (Å²) in [4.78, 5) is 28.2. The topological polar surface area (TPSA) is 94.5 Å². The maximum Gasteiger partial charge on any atom is 0.300 e. The second-order valence-corrected chi connectivity index (χ2v) is 8.62. The first-order valence-electron chi connectivity index (χ1n) is 12.1. The van der Waals surface area contributed by atoms with Gasteiger partial charge >= 0.3 is 0 Å². The molecule has 1 atom stereocenters. The van der Waals surface area contributed by atoms with E-state index in [1.807, 2.05) is 20.8 Å². The quantitative estimate of drug-likeness (QED) is 0.272. The summed E-state index contributed by atoms with van der Waals surface area (Å²) in [6.07, 6.45) is 0. The van der Waals surface area contributed by atoms with Crippen molar-refractivity contribution in [2.75, 3.05) is 24.9 Å². The van der Waals surface area contributed by atoms with Gasteiger partial charge in [0.25, 0.3) is 11.7 Å². The van der Waals surface area contributed by atoms with Crippen molar-refractivity contribution in [3.8, 4) is 23.0 Å². The van der Waals surface area contributed by atoms with Crippen molar-refractivity contribution in [2.24, 2.45) is 0 Å². The molecule has 0 spiro atoms. The number of benzene rings is 3. The Morgan fingerprint density at radius 1 is 0.946 bits per heavy atom. The third-order valence-corrected chi connectivity index (χ3v) is 6.33. The van der Waals surface area contributed by atoms with Crippen molar-refractivity contribution in [3.05, 3.63) is 82.9 Å². The van der Waals surface area contributed by atoms with Gasteiger partial charge in [-0.15, -0.1) is 0 Å². The maximum atomic E-state index is 13.4. The van der Waals surface area contributed by atoms with Crippen LogP contribution in [-0.4, -0.2) is 36.8 Å². The van der Waals surface area contributed by atoms with Gasteiger partial charge in [-0.25, -0.2) is 0 Å². The largest absolute Gasteiger partial charge is 0.507 e. The van der Waals surface area contributed by atoms with E-state index in [9.17, 15) is 14.7 Å². The molecule has 37 heavy (non-hydrogen) atoms. The smallest absolute Gasteiger partial charge is 0.300 e. The summed E-state index contributed by atoms with van der Waals surface area (Å²) in [5.41, 5.74) is 2.31. The Kier molecular flexibility index (Phi) is 6.48. The number of rotatable bonds is 7. The molecule has 8 nitrogen and oxygen atoms in total. The zero-order chi connectivity index (χ0) is 26.1. The van der Waals surface area contributed by atoms with Gasteiger partial charge in [-0.1, -0.05) is 12.1 Å². The highest BCUT2D eigenvalue weighted by atomic mass is 16.7. The van der Waals surface area contributed by atoms with Crippen LogP contribution >= 0.6 is 0 Å². The lowest BCUT2D eigenvalue weighted by Gasteiger charge is -2.26. The van der Waals surface area contributed by atoms with Gasteiger partial charge in [-0.3, -0.25) is 14.5 Å². The number of anilines is 1. The number of aliphatic hydroxyl groups excluding tert-OH is 1. The van der Waals surface area contributed by atoms with Crippen LogP contribution in [0, 0.1) is 6.92 Å². The molecule has 3 aromatic rings. The first kappa shape index (κ1) is 24.2. The molecule has 1 amide bonds. The summed E-state index contributed by atoms with van der Waals surface area (Å²) in [7, 11) is 0. The van der Waals surface area contributed by atoms with Crippen LogP contribution in [0.5, 0.6) is 23.0 Å². The van der Waals surface area contributed by atoms with Gasteiger partial charge < -0.3 is 24.1 Å². The van der Waals surface area contributed by atoms with Gasteiger partial charge in [0.2, 0.25) is 6.79 Å². The molecule has 0 aliphatic carbocycles. The Hall–Kier alpha value is -4.46. The molecule has 0 radical (unpaired) electrons. The van der Waals surface area contributed by atoms with E-state index in [1.54, 1.807) is 60.7 Å². The number of ketones is 1. The highest BCUT2D eigenvalue weighted by Crippen LogP contribution is 2.45. The van der Waals surface area contributed by atoms with E-state index in [0.29, 0.717) is 53.0 Å². The minimum Gasteiger partial charge on any atom is -0.507 e. The summed E-state index contributed by atoms with van der Waals surface area (Å²) in [6, 6.07) is 16.5. The molecule has 2 heterocycles. The van der Waals surface area contributed by atoms with Crippen LogP contribution in [0.1, 0.15) is 36.6 Å². The molecule has 1 fully saturated rings. The van der Waals surface area contributed by atoms with E-state index >= 15 is 0 Å². The van der Waals surface area contributed by atoms with Crippen LogP contribution in [0.4, 0.5) is 5.69 Å². The van der Waals surface area contributed by atoms with Gasteiger partial charge in [-0.2, -0.15) is 0 Å². The standard InChI is InChI=1S/C29H27NO7/c1-4-34-21-10-6-18(7-11-21)26-25(27(31)19-8-12-22(35-5-2)17(3)14-19)28(32)29(33)30(26)20-9-13-23-24(15-20)37-16-36-23/h6-15,26,31H,4-5,16H2,1-3H3/b27-25+. The molecule has 8 heteroatoms. The van der Waals surface area contributed by atoms with E-state index in [0.717, 1.165) is 5.56 Å². The number of nitrogens with zero attached hydrogens (tertiary/aromatic N) is 1. The third kappa shape index (κ3) is 4.35. The second-order valence-electron chi connectivity index (χ2n) is 8.62. The molecular formula is C29H27NO7. The monoisotopic (exact) mass is 501 g/mol. The van der Waals surface area contributed by atoms with Crippen molar-refractivity contribution in [2.45, 2.75) is 26.8 Å². The number of ether oxygens (including phenoxy) is 4. The molecule has 0 saturated carbocycles. The Morgan fingerprint density at radius 2 is 1.68 bits per heavy atom. The molecule has 1 unspecified atom stereocenters. The number of aliphatic hydroxyl groups is 1. The molecule has 5 rings (SSSR count). The van der Waals surface area contributed by atoms with Gasteiger partial charge in [0.15, 0.2) is 11.5 Å². The second kappa shape index (κ2) is 9.89. The van der Waals surface area contributed by atoms with Crippen LogP contribution in [0.15, 0.2) is 66.2 Å². The summed E-state index contributed by atoms with van der Waals surface area (Å²) >= 11 is 0. The molecule has 2 aliphatic rings. The average Bonchev–Trinajstić information content (AvgIpc) is 3.47. The fraction of sp³-hybridized carbons (Fsp3) is 0.241. The van der Waals surface area contributed by atoms with Crippen molar-refractivity contribution < 1.29 is 33.6 Å². The molecule has 2 aliphatic heterocycles. The fourth-order valence-corrected chi connectivity index (χ4v) is 4.63. The van der Waals surface area contributed by atoms with Gasteiger partial charge in [0.1, 0.15) is 17.3 Å². The summed E-state index contributed by atoms with van der Waals surface area (Å²) in [5, 5.41) is 11.4. The normalized spacial score (nSPS) is 17.8. The van der Waals surface area contributed by atoms with Crippen LogP contribution in [0.25, 0.3) is 5.76 Å². The molecule has 1 N–H and O–H groups in total. The summed E-state index contributed by atoms with van der Waals surface area (Å²) in [6.45, 7) is 6.73. The lowest BCUT2D eigenvalue weighted by Crippen LogP contribution is -2.29. The van der Waals surface area contributed by atoms with Crippen LogP contribution in [0.2, 0.25) is 0 Å². The number of hydrogen-bond donors (Lipinski definition) is 1. The zero-order valence-corrected chi connectivity index (χ0v) is 20.8. The highest BCUT2D eigenvalue weighted by molar-refractivity contribution is 6.51. The van der Waals surface area contributed by atoms with Crippen molar-refractivity contribution in [1.82, 2.24) is 0 Å². The lowest BCUT2D eigenvalue weighted by atomic mass is 9.94. The van der Waals surface area contributed by atoms with Crippen molar-refractivity contribution >= 4 is 23.1 Å². The maximum absolute atomic E-state index is 13.4. The lowest BCUT2D eigenvalue weighted by molar-refractivity contribution is -0.132. The molecular weight excluding hydrogens is 474 g/mol. The minimum atomic E-state index is -0.872. The molecule has 3 aromatic carbocycles. The zero-order valence-electron chi connectivity index (χ0n) is 20.8. The highest BCUT2D eigenvalue weighted by Gasteiger charge is 2.47. The van der Waals surface area contributed by atoms with Crippen LogP contribution in [-0.2, 0) is 9.59 Å². The van der Waals surface area contributed by atoms with Crippen molar-refractivity contribution in [1.29, 1.82) is 0 Å². The predicted molar refractivity (Wildman–Crippen MR) is 137 cm³/mol. The summed E-state index contributed by atoms with van der Waals surface area (Å²) < 4.78 is 22.1. The SMILES string of the molecule is CCOc1ccc(C2/C(=C(\O)c3ccc(OCC)c(C)c3)C(=O)C(=O)N2c2ccc3c(c2)OCO3)cc1. The van der Waals surface area contributed by atoms with Crippen LogP contribution in [0.3, 0.4) is 0 Å². The van der Waals surface area contributed by atoms with Gasteiger partial charge in [0.05, 0.1) is 24.8 Å². The fourth-order valence-electron chi connectivity index (χ4n) is 4.63. The van der Waals surface area contributed by atoms with Gasteiger partial charge in [0, 0.05) is 17.3 Å². The Morgan fingerprint density at radius 3 is 2.38 bits per heavy atom. The minimum absolute atomic E-state index is 0.00427. The van der Waals surface area contributed by atoms with E-state index in [-0.39, 0.29) is 18.1 Å². The molecule has 0 aromatic heterocycles. The number of fused-ring (bicyclic) bond motifs is 1. The number of carbonyl (C=O) groups excluding carboxylic acids is 2. The third-order valence-electron chi connectivity index (χ3n) is 6.33. The molecule has 1 saturated heterocycles. The number of Topliss-reactive ketones (excluding diaryl/α,β-unsaturated/α-hetero) is 1. The Bertz CT molecular complexity index is 1390. The average molecular weight is 502 g/mol. The first-order chi connectivity index (χ1) is 17.9. The first-order valence-corrected chi connectivity index (χ1v) is 12.1. The molecule has 0 bridgehead atoms. The van der Waals surface area contributed by atoms with Crippen LogP contribution < -0.4 is 23.8 Å². The number of aryl methyl sites for hydroxylation is 1. The predicted octanol–water partition coefficient (Wildman–Crippen LogP) is 5.15. The Balaban J connectivity index is 1.65. The van der Waals surface area contributed by atoms with E-state index in [4.69, 9.17) is 18.9 Å². The van der Waals surface area contributed by atoms with Crippen molar-refractivity contribution in [3.63, 3.8) is 0 Å². The molecule has 190 valence electrons.